The van der Waals surface area contributed by atoms with Gasteiger partial charge in [0.05, 0.1) is 19.4 Å². The third kappa shape index (κ3) is 5.33. The van der Waals surface area contributed by atoms with E-state index in [0.717, 1.165) is 12.8 Å². The van der Waals surface area contributed by atoms with Crippen molar-refractivity contribution in [3.8, 4) is 11.5 Å². The second-order valence-corrected chi connectivity index (χ2v) is 4.28. The summed E-state index contributed by atoms with van der Waals surface area (Å²) in [5.41, 5.74) is 0.331. The Labute approximate surface area is 124 Å². The number of para-hydroxylation sites is 1. The molecule has 1 aromatic carbocycles. The quantitative estimate of drug-likeness (QED) is 0.474. The van der Waals surface area contributed by atoms with Crippen LogP contribution in [-0.4, -0.2) is 25.8 Å². The minimum absolute atomic E-state index is 0.180. The van der Waals surface area contributed by atoms with Gasteiger partial charge >= 0.3 is 12.1 Å². The molecule has 6 heteroatoms. The number of carbonyl (C=O) groups is 2. The van der Waals surface area contributed by atoms with E-state index in [9.17, 15) is 9.59 Å². The lowest BCUT2D eigenvalue weighted by molar-refractivity contribution is -0.134. The van der Waals surface area contributed by atoms with Crippen molar-refractivity contribution in [2.45, 2.75) is 33.1 Å². The molecule has 0 aromatic heterocycles. The molecule has 0 fully saturated rings. The van der Waals surface area contributed by atoms with Gasteiger partial charge in [0.15, 0.2) is 11.5 Å². The summed E-state index contributed by atoms with van der Waals surface area (Å²) in [5.74, 6) is 0.129. The highest BCUT2D eigenvalue weighted by Gasteiger charge is 2.16. The lowest BCUT2D eigenvalue weighted by Gasteiger charge is -2.14. The minimum Gasteiger partial charge on any atom is -0.493 e. The number of methoxy groups -OCH3 is 1. The predicted molar refractivity (Wildman–Crippen MR) is 78.8 cm³/mol. The summed E-state index contributed by atoms with van der Waals surface area (Å²) in [6.45, 7) is 4.03. The van der Waals surface area contributed by atoms with Crippen molar-refractivity contribution in [3.05, 3.63) is 18.2 Å². The smallest absolute Gasteiger partial charge is 0.411 e. The van der Waals surface area contributed by atoms with Gasteiger partial charge in [-0.3, -0.25) is 10.1 Å². The summed E-state index contributed by atoms with van der Waals surface area (Å²) in [6.07, 6.45) is 1.36. The van der Waals surface area contributed by atoms with Gasteiger partial charge in [0.25, 0.3) is 0 Å². The summed E-state index contributed by atoms with van der Waals surface area (Å²) in [6, 6.07) is 4.94. The molecule has 0 radical (unpaired) electrons. The first kappa shape index (κ1) is 16.8. The topological polar surface area (TPSA) is 73.9 Å². The van der Waals surface area contributed by atoms with Crippen LogP contribution < -0.4 is 14.8 Å². The number of nitrogens with one attached hydrogen (secondary N) is 1. The first-order valence-corrected chi connectivity index (χ1v) is 6.93. The fourth-order valence-electron chi connectivity index (χ4n) is 1.52. The van der Waals surface area contributed by atoms with Crippen LogP contribution in [0.4, 0.5) is 10.5 Å². The molecule has 0 spiro atoms. The van der Waals surface area contributed by atoms with Gasteiger partial charge in [0.2, 0.25) is 0 Å². The summed E-state index contributed by atoms with van der Waals surface area (Å²) in [4.78, 5) is 23.2. The highest BCUT2D eigenvalue weighted by Crippen LogP contribution is 2.35. The molecular weight excluding hydrogens is 274 g/mol. The van der Waals surface area contributed by atoms with E-state index in [1.54, 1.807) is 25.1 Å². The average molecular weight is 295 g/mol. The zero-order valence-corrected chi connectivity index (χ0v) is 12.6. The van der Waals surface area contributed by atoms with Gasteiger partial charge < -0.3 is 14.2 Å². The Kier molecular flexibility index (Phi) is 7.08. The lowest BCUT2D eigenvalue weighted by Crippen LogP contribution is -2.16. The van der Waals surface area contributed by atoms with E-state index in [4.69, 9.17) is 14.2 Å². The van der Waals surface area contributed by atoms with Crippen LogP contribution in [0.5, 0.6) is 11.5 Å². The molecule has 1 rings (SSSR count). The molecule has 0 unspecified atom stereocenters. The Morgan fingerprint density at radius 1 is 1.24 bits per heavy atom. The van der Waals surface area contributed by atoms with Crippen LogP contribution >= 0.6 is 0 Å². The first-order valence-electron chi connectivity index (χ1n) is 6.93. The zero-order chi connectivity index (χ0) is 15.7. The van der Waals surface area contributed by atoms with Crippen molar-refractivity contribution in [2.75, 3.05) is 19.0 Å². The third-order valence-electron chi connectivity index (χ3n) is 2.67. The van der Waals surface area contributed by atoms with E-state index < -0.39 is 12.1 Å². The third-order valence-corrected chi connectivity index (χ3v) is 2.67. The van der Waals surface area contributed by atoms with Crippen LogP contribution in [0.25, 0.3) is 0 Å². The second kappa shape index (κ2) is 8.84. The van der Waals surface area contributed by atoms with E-state index in [1.807, 2.05) is 6.92 Å². The molecule has 21 heavy (non-hydrogen) atoms. The van der Waals surface area contributed by atoms with Crippen LogP contribution in [-0.2, 0) is 9.53 Å². The van der Waals surface area contributed by atoms with Gasteiger partial charge in [-0.15, -0.1) is 0 Å². The minimum atomic E-state index is -0.592. The van der Waals surface area contributed by atoms with Gasteiger partial charge in [-0.25, -0.2) is 4.79 Å². The van der Waals surface area contributed by atoms with Gasteiger partial charge in [-0.05, 0) is 18.6 Å². The number of carbonyl (C=O) groups excluding carboxylic acids is 2. The summed E-state index contributed by atoms with van der Waals surface area (Å²) in [5, 5.41) is 2.56. The van der Waals surface area contributed by atoms with Gasteiger partial charge in [0, 0.05) is 6.42 Å². The molecule has 0 saturated heterocycles. The van der Waals surface area contributed by atoms with Crippen molar-refractivity contribution in [2.24, 2.45) is 0 Å². The molecule has 6 nitrogen and oxygen atoms in total. The fourth-order valence-corrected chi connectivity index (χ4v) is 1.52. The number of ether oxygens (including phenoxy) is 3. The molecular formula is C15H21NO5. The number of anilines is 1. The summed E-state index contributed by atoms with van der Waals surface area (Å²) < 4.78 is 15.4. The molecule has 0 aliphatic heterocycles. The Morgan fingerprint density at radius 3 is 2.62 bits per heavy atom. The molecule has 116 valence electrons. The number of unbranched alkanes of at least 4 members (excludes halogenated alkanes) is 1. The van der Waals surface area contributed by atoms with Crippen molar-refractivity contribution < 1.29 is 23.8 Å². The standard InChI is InChI=1S/C15H21NO5/c1-4-6-10-20-15(18)16-11-8-7-9-12(19-3)14(11)21-13(17)5-2/h7-9H,4-6,10H2,1-3H3,(H,16,18). The highest BCUT2D eigenvalue weighted by molar-refractivity contribution is 5.89. The zero-order valence-electron chi connectivity index (χ0n) is 12.6. The predicted octanol–water partition coefficient (Wildman–Crippen LogP) is 3.36. The van der Waals surface area contributed by atoms with Crippen LogP contribution in [0.2, 0.25) is 0 Å². The molecule has 0 saturated carbocycles. The SMILES string of the molecule is CCCCOC(=O)Nc1cccc(OC)c1OC(=O)CC. The lowest BCUT2D eigenvalue weighted by atomic mass is 10.2. The molecule has 0 heterocycles. The monoisotopic (exact) mass is 295 g/mol. The highest BCUT2D eigenvalue weighted by atomic mass is 16.6. The maximum atomic E-state index is 11.7. The normalized spacial score (nSPS) is 9.86. The second-order valence-electron chi connectivity index (χ2n) is 4.28. The van der Waals surface area contributed by atoms with Gasteiger partial charge in [-0.2, -0.15) is 0 Å². The molecule has 0 atom stereocenters. The maximum absolute atomic E-state index is 11.7. The number of hydrogen-bond donors (Lipinski definition) is 1. The maximum Gasteiger partial charge on any atom is 0.411 e. The Morgan fingerprint density at radius 2 is 2.00 bits per heavy atom. The number of benzene rings is 1. The van der Waals surface area contributed by atoms with Crippen LogP contribution in [0.15, 0.2) is 18.2 Å². The van der Waals surface area contributed by atoms with E-state index >= 15 is 0 Å². The molecule has 1 amide bonds. The molecule has 0 aliphatic carbocycles. The molecule has 0 aliphatic rings. The largest absolute Gasteiger partial charge is 0.493 e. The van der Waals surface area contributed by atoms with E-state index in [0.29, 0.717) is 18.0 Å². The van der Waals surface area contributed by atoms with E-state index in [-0.39, 0.29) is 12.2 Å². The Balaban J connectivity index is 2.84. The van der Waals surface area contributed by atoms with Crippen LogP contribution in [0, 0.1) is 0 Å². The molecule has 1 aromatic rings. The molecule has 1 N–H and O–H groups in total. The number of rotatable bonds is 7. The number of esters is 1. The van der Waals surface area contributed by atoms with E-state index in [2.05, 4.69) is 5.32 Å². The van der Waals surface area contributed by atoms with Crippen molar-refractivity contribution in [1.82, 2.24) is 0 Å². The van der Waals surface area contributed by atoms with Crippen LogP contribution in [0.1, 0.15) is 33.1 Å². The summed E-state index contributed by atoms with van der Waals surface area (Å²) in [7, 11) is 1.46. The number of hydrogen-bond acceptors (Lipinski definition) is 5. The Bertz CT molecular complexity index is 487. The van der Waals surface area contributed by atoms with Gasteiger partial charge in [-0.1, -0.05) is 26.3 Å². The first-order chi connectivity index (χ1) is 10.1. The number of amides is 1. The molecule has 0 bridgehead atoms. The fraction of sp³-hybridized carbons (Fsp3) is 0.467. The van der Waals surface area contributed by atoms with Crippen molar-refractivity contribution in [1.29, 1.82) is 0 Å². The van der Waals surface area contributed by atoms with Crippen molar-refractivity contribution in [3.63, 3.8) is 0 Å². The summed E-state index contributed by atoms with van der Waals surface area (Å²) >= 11 is 0. The van der Waals surface area contributed by atoms with E-state index in [1.165, 1.54) is 7.11 Å². The average Bonchev–Trinajstić information content (AvgIpc) is 2.49. The van der Waals surface area contributed by atoms with Gasteiger partial charge in [0.1, 0.15) is 0 Å². The Hall–Kier alpha value is -2.24. The van der Waals surface area contributed by atoms with Crippen LogP contribution in [0.3, 0.4) is 0 Å². The van der Waals surface area contributed by atoms with Crippen molar-refractivity contribution >= 4 is 17.7 Å².